The van der Waals surface area contributed by atoms with Gasteiger partial charge in [-0.25, -0.2) is 9.97 Å². The van der Waals surface area contributed by atoms with Crippen LogP contribution in [0, 0.1) is 0 Å². The Morgan fingerprint density at radius 2 is 2.31 bits per heavy atom. The van der Waals surface area contributed by atoms with Gasteiger partial charge in [0.05, 0.1) is 12.7 Å². The lowest BCUT2D eigenvalue weighted by Crippen LogP contribution is -2.10. The minimum absolute atomic E-state index is 0.301. The summed E-state index contributed by atoms with van der Waals surface area (Å²) < 4.78 is 5.38. The number of anilines is 1. The van der Waals surface area contributed by atoms with Crippen molar-refractivity contribution >= 4 is 5.82 Å². The summed E-state index contributed by atoms with van der Waals surface area (Å²) in [6.07, 6.45) is 2.81. The zero-order chi connectivity index (χ0) is 11.8. The predicted molar refractivity (Wildman–Crippen MR) is 62.6 cm³/mol. The Kier molecular flexibility index (Phi) is 5.56. The van der Waals surface area contributed by atoms with Crippen molar-refractivity contribution in [3.8, 4) is 5.88 Å². The van der Waals surface area contributed by atoms with Crippen LogP contribution in [0.1, 0.15) is 26.7 Å². The Morgan fingerprint density at radius 3 is 3.00 bits per heavy atom. The SMILES string of the molecule is CCCOc1cc(NCCC(C)O)ncn1. The smallest absolute Gasteiger partial charge is 0.218 e. The molecule has 0 bridgehead atoms. The van der Waals surface area contributed by atoms with Crippen molar-refractivity contribution in [2.24, 2.45) is 0 Å². The lowest BCUT2D eigenvalue weighted by atomic mass is 10.3. The summed E-state index contributed by atoms with van der Waals surface area (Å²) in [4.78, 5) is 8.06. The van der Waals surface area contributed by atoms with Gasteiger partial charge in [-0.2, -0.15) is 0 Å². The maximum Gasteiger partial charge on any atom is 0.218 e. The van der Waals surface area contributed by atoms with E-state index in [9.17, 15) is 0 Å². The molecule has 1 aromatic heterocycles. The fraction of sp³-hybridized carbons (Fsp3) is 0.636. The molecule has 1 aromatic rings. The first-order valence-corrected chi connectivity index (χ1v) is 5.59. The summed E-state index contributed by atoms with van der Waals surface area (Å²) in [5.41, 5.74) is 0. The molecular formula is C11H19N3O2. The van der Waals surface area contributed by atoms with Crippen LogP contribution >= 0.6 is 0 Å². The summed E-state index contributed by atoms with van der Waals surface area (Å²) in [5, 5.41) is 12.2. The number of ether oxygens (including phenoxy) is 1. The summed E-state index contributed by atoms with van der Waals surface area (Å²) in [6.45, 7) is 5.15. The van der Waals surface area contributed by atoms with Crippen LogP contribution in [-0.2, 0) is 0 Å². The van der Waals surface area contributed by atoms with E-state index in [1.807, 2.05) is 6.92 Å². The van der Waals surface area contributed by atoms with Crippen LogP contribution in [0.15, 0.2) is 12.4 Å². The fourth-order valence-electron chi connectivity index (χ4n) is 1.13. The molecule has 0 amide bonds. The van der Waals surface area contributed by atoms with Crippen LogP contribution in [0.5, 0.6) is 5.88 Å². The summed E-state index contributed by atoms with van der Waals surface area (Å²) in [6, 6.07) is 1.76. The van der Waals surface area contributed by atoms with Crippen molar-refractivity contribution in [3.63, 3.8) is 0 Å². The van der Waals surface area contributed by atoms with E-state index in [2.05, 4.69) is 15.3 Å². The van der Waals surface area contributed by atoms with E-state index >= 15 is 0 Å². The molecule has 5 nitrogen and oxygen atoms in total. The molecule has 5 heteroatoms. The molecule has 0 saturated carbocycles. The highest BCUT2D eigenvalue weighted by molar-refractivity contribution is 5.36. The molecule has 0 aliphatic rings. The number of aliphatic hydroxyl groups excluding tert-OH is 1. The number of hydrogen-bond acceptors (Lipinski definition) is 5. The van der Waals surface area contributed by atoms with E-state index < -0.39 is 0 Å². The van der Waals surface area contributed by atoms with E-state index in [-0.39, 0.29) is 6.10 Å². The number of nitrogens with one attached hydrogen (secondary N) is 1. The molecule has 1 unspecified atom stereocenters. The highest BCUT2D eigenvalue weighted by atomic mass is 16.5. The lowest BCUT2D eigenvalue weighted by Gasteiger charge is -2.08. The van der Waals surface area contributed by atoms with E-state index in [1.165, 1.54) is 6.33 Å². The number of nitrogens with zero attached hydrogens (tertiary/aromatic N) is 2. The van der Waals surface area contributed by atoms with E-state index in [1.54, 1.807) is 13.0 Å². The van der Waals surface area contributed by atoms with Gasteiger partial charge >= 0.3 is 0 Å². The zero-order valence-corrected chi connectivity index (χ0v) is 9.81. The Morgan fingerprint density at radius 1 is 1.50 bits per heavy atom. The maximum atomic E-state index is 9.10. The summed E-state index contributed by atoms with van der Waals surface area (Å²) >= 11 is 0. The van der Waals surface area contributed by atoms with Gasteiger partial charge in [0.1, 0.15) is 12.1 Å². The highest BCUT2D eigenvalue weighted by Crippen LogP contribution is 2.11. The van der Waals surface area contributed by atoms with Crippen molar-refractivity contribution in [2.45, 2.75) is 32.8 Å². The molecule has 90 valence electrons. The Bertz CT molecular complexity index is 305. The van der Waals surface area contributed by atoms with Gasteiger partial charge in [-0.15, -0.1) is 0 Å². The molecular weight excluding hydrogens is 206 g/mol. The second-order valence-corrected chi connectivity index (χ2v) is 3.65. The first kappa shape index (κ1) is 12.7. The lowest BCUT2D eigenvalue weighted by molar-refractivity contribution is 0.188. The molecule has 0 aliphatic carbocycles. The molecule has 16 heavy (non-hydrogen) atoms. The molecule has 1 heterocycles. The molecule has 0 aromatic carbocycles. The van der Waals surface area contributed by atoms with Crippen molar-refractivity contribution in [1.82, 2.24) is 9.97 Å². The molecule has 0 spiro atoms. The van der Waals surface area contributed by atoms with Crippen molar-refractivity contribution in [1.29, 1.82) is 0 Å². The molecule has 1 atom stereocenters. The van der Waals surface area contributed by atoms with Crippen LogP contribution in [-0.4, -0.2) is 34.3 Å². The number of rotatable bonds is 7. The minimum atomic E-state index is -0.301. The first-order valence-electron chi connectivity index (χ1n) is 5.59. The Labute approximate surface area is 95.9 Å². The second kappa shape index (κ2) is 7.00. The van der Waals surface area contributed by atoms with Gasteiger partial charge in [-0.05, 0) is 19.8 Å². The third-order valence-electron chi connectivity index (χ3n) is 1.96. The predicted octanol–water partition coefficient (Wildman–Crippen LogP) is 1.45. The van der Waals surface area contributed by atoms with Gasteiger partial charge in [0.2, 0.25) is 5.88 Å². The van der Waals surface area contributed by atoms with Gasteiger partial charge in [0, 0.05) is 12.6 Å². The van der Waals surface area contributed by atoms with Gasteiger partial charge in [-0.1, -0.05) is 6.92 Å². The number of aliphatic hydroxyl groups is 1. The van der Waals surface area contributed by atoms with Crippen LogP contribution in [0.2, 0.25) is 0 Å². The van der Waals surface area contributed by atoms with E-state index in [4.69, 9.17) is 9.84 Å². The van der Waals surface area contributed by atoms with Crippen LogP contribution in [0.25, 0.3) is 0 Å². The van der Waals surface area contributed by atoms with Crippen molar-refractivity contribution in [3.05, 3.63) is 12.4 Å². The third-order valence-corrected chi connectivity index (χ3v) is 1.96. The zero-order valence-electron chi connectivity index (χ0n) is 9.81. The van der Waals surface area contributed by atoms with Crippen LogP contribution in [0.4, 0.5) is 5.82 Å². The highest BCUT2D eigenvalue weighted by Gasteiger charge is 2.00. The number of hydrogen-bond donors (Lipinski definition) is 2. The number of aromatic nitrogens is 2. The summed E-state index contributed by atoms with van der Waals surface area (Å²) in [5.74, 6) is 1.30. The normalized spacial score (nSPS) is 12.2. The minimum Gasteiger partial charge on any atom is -0.478 e. The largest absolute Gasteiger partial charge is 0.478 e. The molecule has 0 saturated heterocycles. The van der Waals surface area contributed by atoms with Crippen LogP contribution < -0.4 is 10.1 Å². The molecule has 0 fully saturated rings. The topological polar surface area (TPSA) is 67.3 Å². The molecule has 0 radical (unpaired) electrons. The van der Waals surface area contributed by atoms with Gasteiger partial charge < -0.3 is 15.2 Å². The molecule has 2 N–H and O–H groups in total. The standard InChI is InChI=1S/C11H19N3O2/c1-3-6-16-11-7-10(13-8-14-11)12-5-4-9(2)15/h7-9,15H,3-6H2,1-2H3,(H,12,13,14). The van der Waals surface area contributed by atoms with E-state index in [0.717, 1.165) is 12.2 Å². The quantitative estimate of drug-likeness (QED) is 0.735. The van der Waals surface area contributed by atoms with Gasteiger partial charge in [0.25, 0.3) is 0 Å². The summed E-state index contributed by atoms with van der Waals surface area (Å²) in [7, 11) is 0. The Hall–Kier alpha value is -1.36. The van der Waals surface area contributed by atoms with Crippen molar-refractivity contribution in [2.75, 3.05) is 18.5 Å². The van der Waals surface area contributed by atoms with Gasteiger partial charge in [0.15, 0.2) is 0 Å². The molecule has 1 rings (SSSR count). The third kappa shape index (κ3) is 4.93. The molecule has 0 aliphatic heterocycles. The fourth-order valence-corrected chi connectivity index (χ4v) is 1.13. The van der Waals surface area contributed by atoms with Crippen molar-refractivity contribution < 1.29 is 9.84 Å². The average Bonchev–Trinajstić information content (AvgIpc) is 2.26. The second-order valence-electron chi connectivity index (χ2n) is 3.65. The van der Waals surface area contributed by atoms with Crippen LogP contribution in [0.3, 0.4) is 0 Å². The Balaban J connectivity index is 2.40. The van der Waals surface area contributed by atoms with Gasteiger partial charge in [-0.3, -0.25) is 0 Å². The monoisotopic (exact) mass is 225 g/mol. The van der Waals surface area contributed by atoms with E-state index in [0.29, 0.717) is 25.5 Å². The maximum absolute atomic E-state index is 9.10. The average molecular weight is 225 g/mol. The first-order chi connectivity index (χ1) is 7.72.